The van der Waals surface area contributed by atoms with Crippen molar-refractivity contribution in [2.24, 2.45) is 5.92 Å². The summed E-state index contributed by atoms with van der Waals surface area (Å²) in [5, 5.41) is 3.92. The molecular weight excluding hydrogens is 382 g/mol. The molecule has 0 saturated heterocycles. The summed E-state index contributed by atoms with van der Waals surface area (Å²) >= 11 is 3.64. The van der Waals surface area contributed by atoms with Gasteiger partial charge >= 0.3 is 0 Å². The van der Waals surface area contributed by atoms with E-state index in [0.29, 0.717) is 17.9 Å². The Morgan fingerprint density at radius 3 is 2.58 bits per heavy atom. The van der Waals surface area contributed by atoms with Crippen molar-refractivity contribution in [2.45, 2.75) is 18.4 Å². The number of rotatable bonds is 2. The molecule has 2 aliphatic rings. The van der Waals surface area contributed by atoms with Crippen molar-refractivity contribution in [1.82, 2.24) is 0 Å². The van der Waals surface area contributed by atoms with Crippen molar-refractivity contribution in [3.8, 4) is 11.1 Å². The van der Waals surface area contributed by atoms with Gasteiger partial charge in [-0.3, -0.25) is 0 Å². The number of para-hydroxylation sites is 1. The first kappa shape index (κ1) is 15.9. The molecule has 128 valence electrons. The Labute approximate surface area is 162 Å². The smallest absolute Gasteiger partial charge is 0.0554 e. The van der Waals surface area contributed by atoms with Gasteiger partial charge in [0.25, 0.3) is 0 Å². The summed E-state index contributed by atoms with van der Waals surface area (Å²) in [6, 6.07) is 26.5. The second-order valence-corrected chi connectivity index (χ2v) is 8.08. The number of benzene rings is 3. The molecule has 0 aromatic heterocycles. The molecule has 0 spiro atoms. The SMILES string of the molecule is Brc1cccc([C@@H]2Nc3c(-c4ccccc4)cccc3[C@H]3C=CC[C@@H]32)c1. The predicted octanol–water partition coefficient (Wildman–Crippen LogP) is 6.94. The summed E-state index contributed by atoms with van der Waals surface area (Å²) in [7, 11) is 0. The zero-order chi connectivity index (χ0) is 17.5. The molecule has 3 aromatic carbocycles. The van der Waals surface area contributed by atoms with Crippen LogP contribution < -0.4 is 5.32 Å². The van der Waals surface area contributed by atoms with Gasteiger partial charge in [-0.2, -0.15) is 0 Å². The first-order valence-electron chi connectivity index (χ1n) is 9.18. The van der Waals surface area contributed by atoms with Crippen LogP contribution in [-0.4, -0.2) is 0 Å². The van der Waals surface area contributed by atoms with E-state index in [1.165, 1.54) is 27.9 Å². The summed E-state index contributed by atoms with van der Waals surface area (Å²) < 4.78 is 1.14. The second kappa shape index (κ2) is 6.44. The van der Waals surface area contributed by atoms with Crippen LogP contribution in [0, 0.1) is 5.92 Å². The van der Waals surface area contributed by atoms with Crippen LogP contribution >= 0.6 is 15.9 Å². The maximum Gasteiger partial charge on any atom is 0.0554 e. The fourth-order valence-corrected chi connectivity index (χ4v) is 4.93. The Kier molecular flexibility index (Phi) is 3.94. The van der Waals surface area contributed by atoms with Crippen molar-refractivity contribution in [2.75, 3.05) is 5.32 Å². The second-order valence-electron chi connectivity index (χ2n) is 7.17. The number of hydrogen-bond acceptors (Lipinski definition) is 1. The van der Waals surface area contributed by atoms with Gasteiger partial charge in [-0.15, -0.1) is 0 Å². The lowest BCUT2D eigenvalue weighted by Gasteiger charge is -2.38. The third-order valence-corrected chi connectivity index (χ3v) is 6.18. The van der Waals surface area contributed by atoms with E-state index in [4.69, 9.17) is 0 Å². The third-order valence-electron chi connectivity index (χ3n) is 5.69. The zero-order valence-electron chi connectivity index (χ0n) is 14.4. The van der Waals surface area contributed by atoms with Crippen LogP contribution in [0.25, 0.3) is 11.1 Å². The van der Waals surface area contributed by atoms with Gasteiger partial charge in [0, 0.05) is 21.6 Å². The first-order valence-corrected chi connectivity index (χ1v) is 9.97. The van der Waals surface area contributed by atoms with Crippen molar-refractivity contribution in [1.29, 1.82) is 0 Å². The number of allylic oxidation sites excluding steroid dienone is 2. The van der Waals surface area contributed by atoms with E-state index in [1.807, 2.05) is 0 Å². The molecule has 1 nitrogen and oxygen atoms in total. The molecule has 0 saturated carbocycles. The first-order chi connectivity index (χ1) is 12.8. The largest absolute Gasteiger partial charge is 0.377 e. The highest BCUT2D eigenvalue weighted by molar-refractivity contribution is 9.10. The molecule has 3 atom stereocenters. The molecule has 0 radical (unpaired) electrons. The van der Waals surface area contributed by atoms with Gasteiger partial charge in [-0.1, -0.05) is 88.7 Å². The van der Waals surface area contributed by atoms with E-state index in [1.54, 1.807) is 0 Å². The van der Waals surface area contributed by atoms with Crippen molar-refractivity contribution in [3.63, 3.8) is 0 Å². The van der Waals surface area contributed by atoms with Crippen LogP contribution in [0.1, 0.15) is 29.5 Å². The molecule has 26 heavy (non-hydrogen) atoms. The number of hydrogen-bond donors (Lipinski definition) is 1. The molecule has 0 bridgehead atoms. The minimum Gasteiger partial charge on any atom is -0.377 e. The maximum atomic E-state index is 3.92. The third kappa shape index (κ3) is 2.60. The van der Waals surface area contributed by atoms with Gasteiger partial charge in [0.1, 0.15) is 0 Å². The highest BCUT2D eigenvalue weighted by Crippen LogP contribution is 2.52. The summed E-state index contributed by atoms with van der Waals surface area (Å²) in [6.45, 7) is 0. The van der Waals surface area contributed by atoms with E-state index in [9.17, 15) is 0 Å². The lowest BCUT2D eigenvalue weighted by Crippen LogP contribution is -2.29. The van der Waals surface area contributed by atoms with E-state index < -0.39 is 0 Å². The maximum absolute atomic E-state index is 3.92. The van der Waals surface area contributed by atoms with Crippen molar-refractivity contribution < 1.29 is 0 Å². The van der Waals surface area contributed by atoms with E-state index in [-0.39, 0.29) is 0 Å². The quantitative estimate of drug-likeness (QED) is 0.458. The van der Waals surface area contributed by atoms with E-state index in [2.05, 4.69) is 106 Å². The monoisotopic (exact) mass is 401 g/mol. The topological polar surface area (TPSA) is 12.0 Å². The highest BCUT2D eigenvalue weighted by atomic mass is 79.9. The fraction of sp³-hybridized carbons (Fsp3) is 0.167. The fourth-order valence-electron chi connectivity index (χ4n) is 4.51. The molecule has 1 heterocycles. The predicted molar refractivity (Wildman–Crippen MR) is 112 cm³/mol. The molecule has 0 amide bonds. The Balaban J connectivity index is 1.66. The van der Waals surface area contributed by atoms with Gasteiger partial charge in [0.05, 0.1) is 6.04 Å². The molecule has 3 aromatic rings. The molecule has 1 N–H and O–H groups in total. The van der Waals surface area contributed by atoms with Crippen LogP contribution in [0.2, 0.25) is 0 Å². The summed E-state index contributed by atoms with van der Waals surface area (Å²) in [5.41, 5.74) is 6.63. The number of anilines is 1. The summed E-state index contributed by atoms with van der Waals surface area (Å²) in [4.78, 5) is 0. The van der Waals surface area contributed by atoms with Crippen molar-refractivity contribution in [3.05, 3.63) is 101 Å². The summed E-state index contributed by atoms with van der Waals surface area (Å²) in [6.07, 6.45) is 5.89. The average molecular weight is 402 g/mol. The molecule has 0 fully saturated rings. The van der Waals surface area contributed by atoms with E-state index in [0.717, 1.165) is 10.9 Å². The normalized spacial score (nSPS) is 23.2. The Hall–Kier alpha value is -2.32. The van der Waals surface area contributed by atoms with Crippen LogP contribution in [0.4, 0.5) is 5.69 Å². The van der Waals surface area contributed by atoms with Crippen LogP contribution in [0.3, 0.4) is 0 Å². The lowest BCUT2D eigenvalue weighted by molar-refractivity contribution is 0.426. The molecule has 1 aliphatic carbocycles. The molecule has 1 aliphatic heterocycles. The molecular formula is C24H20BrN. The van der Waals surface area contributed by atoms with Gasteiger partial charge in [-0.05, 0) is 41.2 Å². The lowest BCUT2D eigenvalue weighted by atomic mass is 9.76. The van der Waals surface area contributed by atoms with Gasteiger partial charge < -0.3 is 5.32 Å². The molecule has 5 rings (SSSR count). The Bertz CT molecular complexity index is 977. The molecule has 0 unspecified atom stereocenters. The Morgan fingerprint density at radius 2 is 1.73 bits per heavy atom. The van der Waals surface area contributed by atoms with Crippen molar-refractivity contribution >= 4 is 21.6 Å². The number of fused-ring (bicyclic) bond motifs is 3. The average Bonchev–Trinajstić information content (AvgIpc) is 3.18. The van der Waals surface area contributed by atoms with Gasteiger partial charge in [0.2, 0.25) is 0 Å². The molecule has 2 heteroatoms. The minimum absolute atomic E-state index is 0.324. The highest BCUT2D eigenvalue weighted by Gasteiger charge is 2.38. The standard InChI is InChI=1S/C24H20BrN/c25-18-10-4-9-17(15-18)23-21-13-6-12-20(21)22-14-5-11-19(24(22)26-23)16-7-2-1-3-8-16/h1-12,14-15,20-21,23,26H,13H2/t20-,21-,23-/m0/s1. The van der Waals surface area contributed by atoms with E-state index >= 15 is 0 Å². The minimum atomic E-state index is 0.324. The zero-order valence-corrected chi connectivity index (χ0v) is 16.0. The number of nitrogens with one attached hydrogen (secondary N) is 1. The van der Waals surface area contributed by atoms with Gasteiger partial charge in [0.15, 0.2) is 0 Å². The van der Waals surface area contributed by atoms with Crippen LogP contribution in [-0.2, 0) is 0 Å². The summed E-state index contributed by atoms with van der Waals surface area (Å²) in [5.74, 6) is 1.06. The van der Waals surface area contributed by atoms with Crippen LogP contribution in [0.15, 0.2) is 89.4 Å². The van der Waals surface area contributed by atoms with Crippen LogP contribution in [0.5, 0.6) is 0 Å². The van der Waals surface area contributed by atoms with Gasteiger partial charge in [-0.25, -0.2) is 0 Å². The Morgan fingerprint density at radius 1 is 0.885 bits per heavy atom. The number of halogens is 1.